The van der Waals surface area contributed by atoms with Crippen molar-refractivity contribution in [2.45, 2.75) is 25.8 Å². The van der Waals surface area contributed by atoms with Gasteiger partial charge in [-0.05, 0) is 23.9 Å². The van der Waals surface area contributed by atoms with Crippen molar-refractivity contribution < 1.29 is 4.79 Å². The molecule has 1 amide bonds. The molecule has 0 aliphatic rings. The Morgan fingerprint density at radius 2 is 2.23 bits per heavy atom. The fourth-order valence-electron chi connectivity index (χ4n) is 2.59. The zero-order valence-corrected chi connectivity index (χ0v) is 13.6. The number of thiophene rings is 1. The van der Waals surface area contributed by atoms with E-state index >= 15 is 0 Å². The van der Waals surface area contributed by atoms with Crippen molar-refractivity contribution in [2.24, 2.45) is 7.05 Å². The third kappa shape index (κ3) is 2.90. The number of carbonyl (C=O) groups excluding carboxylic acids is 1. The molecule has 3 aromatic rings. The van der Waals surface area contributed by atoms with E-state index in [1.165, 1.54) is 11.3 Å². The molecule has 4 nitrogen and oxygen atoms in total. The van der Waals surface area contributed by atoms with Crippen molar-refractivity contribution in [1.29, 1.82) is 0 Å². The van der Waals surface area contributed by atoms with E-state index in [4.69, 9.17) is 0 Å². The summed E-state index contributed by atoms with van der Waals surface area (Å²) in [6.45, 7) is 2.11. The fraction of sp³-hybridized carbons (Fsp3) is 0.294. The predicted octanol–water partition coefficient (Wildman–Crippen LogP) is 3.91. The number of nitrogens with zero attached hydrogens (tertiary/aromatic N) is 2. The number of hydrogen-bond donors (Lipinski definition) is 1. The molecule has 0 fully saturated rings. The highest BCUT2D eigenvalue weighted by atomic mass is 32.1. The van der Waals surface area contributed by atoms with Gasteiger partial charge in [0.1, 0.15) is 5.82 Å². The predicted molar refractivity (Wildman–Crippen MR) is 90.1 cm³/mol. The van der Waals surface area contributed by atoms with Gasteiger partial charge in [0, 0.05) is 24.1 Å². The Labute approximate surface area is 133 Å². The zero-order valence-electron chi connectivity index (χ0n) is 12.7. The molecule has 1 aromatic carbocycles. The third-order valence-electron chi connectivity index (χ3n) is 3.70. The molecule has 0 bridgehead atoms. The third-order valence-corrected chi connectivity index (χ3v) is 4.82. The lowest BCUT2D eigenvalue weighted by molar-refractivity contribution is 0.0936. The van der Waals surface area contributed by atoms with Gasteiger partial charge in [-0.3, -0.25) is 4.79 Å². The number of hydrogen-bond acceptors (Lipinski definition) is 3. The number of fused-ring (bicyclic) bond motifs is 1. The molecule has 0 spiro atoms. The van der Waals surface area contributed by atoms with Gasteiger partial charge in [-0.15, -0.1) is 11.3 Å². The minimum absolute atomic E-state index is 0.0253. The molecule has 1 unspecified atom stereocenters. The van der Waals surface area contributed by atoms with Gasteiger partial charge in [0.25, 0.3) is 5.91 Å². The van der Waals surface area contributed by atoms with Gasteiger partial charge in [-0.25, -0.2) is 4.98 Å². The van der Waals surface area contributed by atoms with Crippen LogP contribution < -0.4 is 5.32 Å². The van der Waals surface area contributed by atoms with Crippen molar-refractivity contribution in [3.8, 4) is 0 Å². The second-order valence-corrected chi connectivity index (χ2v) is 6.44. The average Bonchev–Trinajstić information content (AvgIpc) is 3.12. The molecule has 22 heavy (non-hydrogen) atoms. The van der Waals surface area contributed by atoms with Crippen LogP contribution in [0.4, 0.5) is 0 Å². The highest BCUT2D eigenvalue weighted by Gasteiger charge is 2.19. The van der Waals surface area contributed by atoms with E-state index in [9.17, 15) is 4.79 Å². The maximum absolute atomic E-state index is 12.6. The monoisotopic (exact) mass is 313 g/mol. The van der Waals surface area contributed by atoms with E-state index in [-0.39, 0.29) is 11.9 Å². The zero-order chi connectivity index (χ0) is 15.5. The summed E-state index contributed by atoms with van der Waals surface area (Å²) in [4.78, 5) is 17.7. The smallest absolute Gasteiger partial charge is 0.261 e. The highest BCUT2D eigenvalue weighted by molar-refractivity contribution is 7.20. The van der Waals surface area contributed by atoms with Crippen LogP contribution in [0.15, 0.2) is 42.7 Å². The van der Waals surface area contributed by atoms with Gasteiger partial charge < -0.3 is 9.88 Å². The molecule has 0 aliphatic carbocycles. The van der Waals surface area contributed by atoms with Crippen molar-refractivity contribution >= 4 is 27.3 Å². The molecule has 1 N–H and O–H groups in total. The number of rotatable bonds is 5. The van der Waals surface area contributed by atoms with Crippen molar-refractivity contribution in [3.05, 3.63) is 53.4 Å². The van der Waals surface area contributed by atoms with Crippen LogP contribution in [0.5, 0.6) is 0 Å². The summed E-state index contributed by atoms with van der Waals surface area (Å²) in [5.41, 5.74) is 0. The van der Waals surface area contributed by atoms with E-state index in [0.717, 1.165) is 33.6 Å². The second kappa shape index (κ2) is 6.32. The summed E-state index contributed by atoms with van der Waals surface area (Å²) in [7, 11) is 1.95. The normalized spacial score (nSPS) is 12.5. The van der Waals surface area contributed by atoms with Crippen LogP contribution in [-0.2, 0) is 7.05 Å². The van der Waals surface area contributed by atoms with Crippen LogP contribution in [0.1, 0.15) is 41.3 Å². The molecular weight excluding hydrogens is 294 g/mol. The first-order chi connectivity index (χ1) is 10.7. The number of nitrogens with one attached hydrogen (secondary N) is 1. The molecule has 0 saturated carbocycles. The van der Waals surface area contributed by atoms with Gasteiger partial charge in [-0.2, -0.15) is 0 Å². The second-order valence-electron chi connectivity index (χ2n) is 5.36. The molecule has 2 aromatic heterocycles. The average molecular weight is 313 g/mol. The maximum atomic E-state index is 12.6. The highest BCUT2D eigenvalue weighted by Crippen LogP contribution is 2.26. The Bertz CT molecular complexity index is 757. The molecule has 1 atom stereocenters. The molecular formula is C17H19N3OS. The lowest BCUT2D eigenvalue weighted by Crippen LogP contribution is -2.29. The van der Waals surface area contributed by atoms with Gasteiger partial charge in [0.15, 0.2) is 0 Å². The molecule has 0 saturated heterocycles. The van der Waals surface area contributed by atoms with Crippen LogP contribution >= 0.6 is 11.3 Å². The Balaban J connectivity index is 1.83. The SMILES string of the molecule is CCCC(NC(=O)c1cc2ccccc2s1)c1nccn1C. The number of aromatic nitrogens is 2. The van der Waals surface area contributed by atoms with Crippen molar-refractivity contribution in [2.75, 3.05) is 0 Å². The van der Waals surface area contributed by atoms with Crippen molar-refractivity contribution in [3.63, 3.8) is 0 Å². The first kappa shape index (κ1) is 14.8. The van der Waals surface area contributed by atoms with Crippen LogP contribution in [-0.4, -0.2) is 15.5 Å². The number of carbonyl (C=O) groups is 1. The quantitative estimate of drug-likeness (QED) is 0.776. The topological polar surface area (TPSA) is 46.9 Å². The number of amides is 1. The lowest BCUT2D eigenvalue weighted by Gasteiger charge is -2.17. The first-order valence-corrected chi connectivity index (χ1v) is 8.27. The van der Waals surface area contributed by atoms with Gasteiger partial charge >= 0.3 is 0 Å². The Morgan fingerprint density at radius 3 is 2.91 bits per heavy atom. The van der Waals surface area contributed by atoms with E-state index in [2.05, 4.69) is 17.2 Å². The van der Waals surface area contributed by atoms with E-state index in [1.54, 1.807) is 6.20 Å². The minimum atomic E-state index is -0.0530. The van der Waals surface area contributed by atoms with Gasteiger partial charge in [0.2, 0.25) is 0 Å². The van der Waals surface area contributed by atoms with Gasteiger partial charge in [0.05, 0.1) is 10.9 Å². The molecule has 3 rings (SSSR count). The fourth-order valence-corrected chi connectivity index (χ4v) is 3.56. The summed E-state index contributed by atoms with van der Waals surface area (Å²) < 4.78 is 3.10. The molecule has 5 heteroatoms. The Hall–Kier alpha value is -2.14. The summed E-state index contributed by atoms with van der Waals surface area (Å²) in [6.07, 6.45) is 5.54. The van der Waals surface area contributed by atoms with Crippen LogP contribution in [0.25, 0.3) is 10.1 Å². The first-order valence-electron chi connectivity index (χ1n) is 7.45. The Kier molecular flexibility index (Phi) is 4.24. The van der Waals surface area contributed by atoms with Crippen LogP contribution in [0, 0.1) is 0 Å². The maximum Gasteiger partial charge on any atom is 0.261 e. The standard InChI is InChI=1S/C17H19N3OS/c1-3-6-13(16-18-9-10-20(16)2)19-17(21)15-11-12-7-4-5-8-14(12)22-15/h4-5,7-11,13H,3,6H2,1-2H3,(H,19,21). The molecule has 0 aliphatic heterocycles. The largest absolute Gasteiger partial charge is 0.341 e. The van der Waals surface area contributed by atoms with Crippen molar-refractivity contribution in [1.82, 2.24) is 14.9 Å². The van der Waals surface area contributed by atoms with Crippen LogP contribution in [0.3, 0.4) is 0 Å². The van der Waals surface area contributed by atoms with Gasteiger partial charge in [-0.1, -0.05) is 31.5 Å². The number of imidazole rings is 1. The molecule has 114 valence electrons. The van der Waals surface area contributed by atoms with E-state index in [1.807, 2.05) is 48.1 Å². The minimum Gasteiger partial charge on any atom is -0.341 e. The number of aryl methyl sites for hydroxylation is 1. The Morgan fingerprint density at radius 1 is 1.41 bits per heavy atom. The van der Waals surface area contributed by atoms with E-state index < -0.39 is 0 Å². The van der Waals surface area contributed by atoms with Crippen LogP contribution in [0.2, 0.25) is 0 Å². The summed E-state index contributed by atoms with van der Waals surface area (Å²) in [5.74, 6) is 0.874. The van der Waals surface area contributed by atoms with E-state index in [0.29, 0.717) is 0 Å². The molecule has 2 heterocycles. The summed E-state index contributed by atoms with van der Waals surface area (Å²) in [5, 5.41) is 4.24. The summed E-state index contributed by atoms with van der Waals surface area (Å²) >= 11 is 1.53. The lowest BCUT2D eigenvalue weighted by atomic mass is 10.1. The molecule has 0 radical (unpaired) electrons. The number of benzene rings is 1. The summed E-state index contributed by atoms with van der Waals surface area (Å²) in [6, 6.07) is 9.96.